The Morgan fingerprint density at radius 2 is 2.25 bits per heavy atom. The van der Waals surface area contributed by atoms with Crippen molar-refractivity contribution in [3.63, 3.8) is 0 Å². The maximum absolute atomic E-state index is 4.46. The van der Waals surface area contributed by atoms with E-state index in [1.54, 1.807) is 12.4 Å². The first-order chi connectivity index (χ1) is 9.86. The van der Waals surface area contributed by atoms with Crippen LogP contribution < -0.4 is 0 Å². The maximum atomic E-state index is 4.46. The van der Waals surface area contributed by atoms with Gasteiger partial charge in [0, 0.05) is 43.4 Å². The first kappa shape index (κ1) is 13.2. The normalized spacial score (nSPS) is 19.6. The van der Waals surface area contributed by atoms with Gasteiger partial charge >= 0.3 is 0 Å². The molecule has 3 rings (SSSR count). The number of aromatic nitrogens is 4. The first-order valence-corrected chi connectivity index (χ1v) is 7.38. The summed E-state index contributed by atoms with van der Waals surface area (Å²) in [5.74, 6) is 0. The summed E-state index contributed by atoms with van der Waals surface area (Å²) in [6.07, 6.45) is 13.1. The first-order valence-electron chi connectivity index (χ1n) is 7.38. The molecular weight excluding hydrogens is 250 g/mol. The number of likely N-dealkylation sites (tertiary alicyclic amines) is 1. The number of aryl methyl sites for hydroxylation is 1. The highest BCUT2D eigenvalue weighted by Gasteiger charge is 2.27. The monoisotopic (exact) mass is 271 g/mol. The minimum absolute atomic E-state index is 0.401. The summed E-state index contributed by atoms with van der Waals surface area (Å²) in [4.78, 5) is 11.1. The number of rotatable bonds is 5. The summed E-state index contributed by atoms with van der Waals surface area (Å²) in [6.45, 7) is 5.24. The SMILES string of the molecule is CCCn1cc(CN2CCC[C@H]2c2cnccn2)cn1. The van der Waals surface area contributed by atoms with Crippen molar-refractivity contribution < 1.29 is 0 Å². The Balaban J connectivity index is 1.69. The zero-order valence-corrected chi connectivity index (χ0v) is 11.9. The Hall–Kier alpha value is -1.75. The van der Waals surface area contributed by atoms with E-state index in [0.29, 0.717) is 6.04 Å². The van der Waals surface area contributed by atoms with E-state index in [9.17, 15) is 0 Å². The highest BCUT2D eigenvalue weighted by molar-refractivity contribution is 5.09. The lowest BCUT2D eigenvalue weighted by atomic mass is 10.1. The third-order valence-electron chi connectivity index (χ3n) is 3.81. The lowest BCUT2D eigenvalue weighted by Gasteiger charge is -2.22. The van der Waals surface area contributed by atoms with Crippen molar-refractivity contribution >= 4 is 0 Å². The summed E-state index contributed by atoms with van der Waals surface area (Å²) in [5.41, 5.74) is 2.38. The van der Waals surface area contributed by atoms with Crippen LogP contribution in [0, 0.1) is 0 Å². The molecule has 5 heteroatoms. The molecule has 1 saturated heterocycles. The van der Waals surface area contributed by atoms with Crippen molar-refractivity contribution in [1.29, 1.82) is 0 Å². The van der Waals surface area contributed by atoms with Gasteiger partial charge in [-0.25, -0.2) is 0 Å². The number of hydrogen-bond donors (Lipinski definition) is 0. The lowest BCUT2D eigenvalue weighted by molar-refractivity contribution is 0.244. The molecule has 1 fully saturated rings. The maximum Gasteiger partial charge on any atom is 0.0758 e. The minimum Gasteiger partial charge on any atom is -0.290 e. The van der Waals surface area contributed by atoms with Crippen LogP contribution in [0.2, 0.25) is 0 Å². The molecule has 0 N–H and O–H groups in total. The molecule has 3 heterocycles. The van der Waals surface area contributed by atoms with Crippen molar-refractivity contribution in [2.24, 2.45) is 0 Å². The molecule has 0 radical (unpaired) electrons. The highest BCUT2D eigenvalue weighted by atomic mass is 15.3. The molecule has 5 nitrogen and oxygen atoms in total. The molecule has 1 aliphatic rings. The average Bonchev–Trinajstić information content (AvgIpc) is 3.10. The Kier molecular flexibility index (Phi) is 4.06. The molecule has 0 amide bonds. The Bertz CT molecular complexity index is 536. The van der Waals surface area contributed by atoms with Crippen LogP contribution in [-0.2, 0) is 13.1 Å². The van der Waals surface area contributed by atoms with Crippen molar-refractivity contribution in [3.8, 4) is 0 Å². The standard InChI is InChI=1S/C15H21N5/c1-2-7-20-12-13(9-18-20)11-19-8-3-4-15(19)14-10-16-5-6-17-14/h5-6,9-10,12,15H,2-4,7-8,11H2,1H3/t15-/m0/s1. The van der Waals surface area contributed by atoms with E-state index in [2.05, 4.69) is 33.1 Å². The van der Waals surface area contributed by atoms with Crippen LogP contribution in [0.3, 0.4) is 0 Å². The van der Waals surface area contributed by atoms with Gasteiger partial charge in [-0.1, -0.05) is 6.92 Å². The molecular formula is C15H21N5. The topological polar surface area (TPSA) is 46.8 Å². The van der Waals surface area contributed by atoms with Crippen LogP contribution in [0.5, 0.6) is 0 Å². The molecule has 2 aromatic heterocycles. The second kappa shape index (κ2) is 6.13. The molecule has 1 atom stereocenters. The van der Waals surface area contributed by atoms with E-state index >= 15 is 0 Å². The molecule has 0 unspecified atom stereocenters. The van der Waals surface area contributed by atoms with Gasteiger partial charge in [0.1, 0.15) is 0 Å². The lowest BCUT2D eigenvalue weighted by Crippen LogP contribution is -2.23. The van der Waals surface area contributed by atoms with Gasteiger partial charge in [0.05, 0.1) is 17.9 Å². The van der Waals surface area contributed by atoms with Crippen LogP contribution in [0.4, 0.5) is 0 Å². The smallest absolute Gasteiger partial charge is 0.0758 e. The second-order valence-corrected chi connectivity index (χ2v) is 5.37. The van der Waals surface area contributed by atoms with Gasteiger partial charge in [-0.05, 0) is 25.8 Å². The molecule has 0 spiro atoms. The van der Waals surface area contributed by atoms with Crippen molar-refractivity contribution in [2.45, 2.75) is 45.3 Å². The quantitative estimate of drug-likeness (QED) is 0.838. The summed E-state index contributed by atoms with van der Waals surface area (Å²) in [7, 11) is 0. The van der Waals surface area contributed by atoms with Crippen LogP contribution in [-0.4, -0.2) is 31.2 Å². The van der Waals surface area contributed by atoms with Gasteiger partial charge in [-0.3, -0.25) is 19.5 Å². The number of hydrogen-bond acceptors (Lipinski definition) is 4. The molecule has 2 aromatic rings. The van der Waals surface area contributed by atoms with Crippen LogP contribution in [0.15, 0.2) is 31.0 Å². The average molecular weight is 271 g/mol. The molecule has 1 aliphatic heterocycles. The zero-order chi connectivity index (χ0) is 13.8. The summed E-state index contributed by atoms with van der Waals surface area (Å²) in [6, 6.07) is 0.401. The molecule has 0 aliphatic carbocycles. The fourth-order valence-electron chi connectivity index (χ4n) is 2.91. The van der Waals surface area contributed by atoms with E-state index in [4.69, 9.17) is 0 Å². The Morgan fingerprint density at radius 1 is 1.30 bits per heavy atom. The van der Waals surface area contributed by atoms with Crippen LogP contribution >= 0.6 is 0 Å². The molecule has 0 bridgehead atoms. The second-order valence-electron chi connectivity index (χ2n) is 5.37. The number of nitrogens with zero attached hydrogens (tertiary/aromatic N) is 5. The molecule has 106 valence electrons. The Morgan fingerprint density at radius 3 is 3.05 bits per heavy atom. The van der Waals surface area contributed by atoms with Gasteiger partial charge in [-0.15, -0.1) is 0 Å². The molecule has 20 heavy (non-hydrogen) atoms. The van der Waals surface area contributed by atoms with Crippen LogP contribution in [0.25, 0.3) is 0 Å². The fraction of sp³-hybridized carbons (Fsp3) is 0.533. The highest BCUT2D eigenvalue weighted by Crippen LogP contribution is 2.31. The van der Waals surface area contributed by atoms with E-state index in [1.807, 2.05) is 17.1 Å². The summed E-state index contributed by atoms with van der Waals surface area (Å²) < 4.78 is 2.03. The largest absolute Gasteiger partial charge is 0.290 e. The van der Waals surface area contributed by atoms with Gasteiger partial charge in [0.2, 0.25) is 0 Å². The zero-order valence-electron chi connectivity index (χ0n) is 11.9. The van der Waals surface area contributed by atoms with E-state index in [0.717, 1.165) is 31.7 Å². The predicted molar refractivity (Wildman–Crippen MR) is 76.9 cm³/mol. The minimum atomic E-state index is 0.401. The van der Waals surface area contributed by atoms with E-state index in [1.165, 1.54) is 18.4 Å². The van der Waals surface area contributed by atoms with Gasteiger partial charge < -0.3 is 0 Å². The summed E-state index contributed by atoms with van der Waals surface area (Å²) in [5, 5.41) is 4.41. The Labute approximate surface area is 119 Å². The van der Waals surface area contributed by atoms with Crippen molar-refractivity contribution in [2.75, 3.05) is 6.54 Å². The van der Waals surface area contributed by atoms with E-state index in [-0.39, 0.29) is 0 Å². The third-order valence-corrected chi connectivity index (χ3v) is 3.81. The van der Waals surface area contributed by atoms with Crippen molar-refractivity contribution in [1.82, 2.24) is 24.6 Å². The van der Waals surface area contributed by atoms with Gasteiger partial charge in [0.25, 0.3) is 0 Å². The molecule has 0 aromatic carbocycles. The van der Waals surface area contributed by atoms with E-state index < -0.39 is 0 Å². The van der Waals surface area contributed by atoms with Gasteiger partial charge in [0.15, 0.2) is 0 Å². The fourth-order valence-corrected chi connectivity index (χ4v) is 2.91. The third kappa shape index (κ3) is 2.88. The van der Waals surface area contributed by atoms with Crippen molar-refractivity contribution in [3.05, 3.63) is 42.2 Å². The predicted octanol–water partition coefficient (Wildman–Crippen LogP) is 2.42. The summed E-state index contributed by atoms with van der Waals surface area (Å²) >= 11 is 0. The van der Waals surface area contributed by atoms with Gasteiger partial charge in [-0.2, -0.15) is 5.10 Å². The molecule has 0 saturated carbocycles. The van der Waals surface area contributed by atoms with Crippen LogP contribution in [0.1, 0.15) is 43.5 Å².